The smallest absolute Gasteiger partial charge is 0.255 e. The van der Waals surface area contributed by atoms with E-state index < -0.39 is 0 Å². The lowest BCUT2D eigenvalue weighted by Crippen LogP contribution is -2.18. The Balaban J connectivity index is 1.31. The summed E-state index contributed by atoms with van der Waals surface area (Å²) in [4.78, 5) is 26.0. The van der Waals surface area contributed by atoms with Gasteiger partial charge in [-0.3, -0.25) is 9.59 Å². The second-order valence-electron chi connectivity index (χ2n) is 14.5. The number of fused-ring (bicyclic) bond motifs is 1. The topological polar surface area (TPSA) is 58.2 Å². The third kappa shape index (κ3) is 6.12. The molecule has 4 nitrogen and oxygen atoms in total. The average molecular weight is 585 g/mol. The van der Waals surface area contributed by atoms with Crippen molar-refractivity contribution >= 4 is 34.3 Å². The molecule has 0 heterocycles. The Bertz CT molecular complexity index is 1740. The molecule has 0 saturated heterocycles. The summed E-state index contributed by atoms with van der Waals surface area (Å²) in [6.45, 7) is 19.6. The number of allylic oxidation sites excluding steroid dienone is 2. The van der Waals surface area contributed by atoms with E-state index in [1.165, 1.54) is 33.4 Å². The minimum atomic E-state index is -0.270. The Kier molecular flexibility index (Phi) is 7.92. The van der Waals surface area contributed by atoms with Gasteiger partial charge in [0.15, 0.2) is 0 Å². The van der Waals surface area contributed by atoms with Crippen molar-refractivity contribution in [3.63, 3.8) is 0 Å². The standard InChI is InChI=1S/C40H44N2O2/c1-25-33-23-22-32(42-37(44)28-12-18-30(19-13-28)39(5,6)7)24-34(33)40(8,9)35(25)26-14-20-31(21-15-26)41-36(43)27-10-16-29(17-11-27)38(2,3)4/h10-24H,1-9H3,(H,41,43)(H,42,44). The number of anilines is 2. The summed E-state index contributed by atoms with van der Waals surface area (Å²) >= 11 is 0. The van der Waals surface area contributed by atoms with Crippen LogP contribution >= 0.6 is 0 Å². The molecule has 0 saturated carbocycles. The van der Waals surface area contributed by atoms with Gasteiger partial charge in [-0.05, 0) is 105 Å². The Morgan fingerprint density at radius 2 is 1.02 bits per heavy atom. The molecule has 2 amide bonds. The normalized spacial score (nSPS) is 14.3. The molecular weight excluding hydrogens is 540 g/mol. The van der Waals surface area contributed by atoms with Crippen molar-refractivity contribution in [1.82, 2.24) is 0 Å². The summed E-state index contributed by atoms with van der Waals surface area (Å²) in [5, 5.41) is 6.14. The van der Waals surface area contributed by atoms with Crippen molar-refractivity contribution in [2.45, 2.75) is 78.6 Å². The molecule has 0 fully saturated rings. The third-order valence-electron chi connectivity index (χ3n) is 8.81. The number of amides is 2. The first-order chi connectivity index (χ1) is 20.6. The van der Waals surface area contributed by atoms with Crippen LogP contribution in [0.25, 0.3) is 11.1 Å². The number of carbonyl (C=O) groups excluding carboxylic acids is 2. The lowest BCUT2D eigenvalue weighted by molar-refractivity contribution is 0.101. The molecule has 0 spiro atoms. The first-order valence-corrected chi connectivity index (χ1v) is 15.4. The van der Waals surface area contributed by atoms with Gasteiger partial charge in [0.2, 0.25) is 0 Å². The lowest BCUT2D eigenvalue weighted by Gasteiger charge is -2.26. The van der Waals surface area contributed by atoms with Crippen LogP contribution in [0.5, 0.6) is 0 Å². The highest BCUT2D eigenvalue weighted by atomic mass is 16.2. The zero-order valence-electron chi connectivity index (χ0n) is 27.5. The average Bonchev–Trinajstić information content (AvgIpc) is 3.16. The van der Waals surface area contributed by atoms with Crippen molar-refractivity contribution in [2.24, 2.45) is 0 Å². The van der Waals surface area contributed by atoms with Crippen LogP contribution in [0.3, 0.4) is 0 Å². The Morgan fingerprint density at radius 1 is 0.591 bits per heavy atom. The maximum absolute atomic E-state index is 13.1. The van der Waals surface area contributed by atoms with Gasteiger partial charge in [0.25, 0.3) is 11.8 Å². The summed E-state index contributed by atoms with van der Waals surface area (Å²) < 4.78 is 0. The molecule has 0 bridgehead atoms. The zero-order valence-corrected chi connectivity index (χ0v) is 27.5. The van der Waals surface area contributed by atoms with Crippen LogP contribution in [0, 0.1) is 0 Å². The molecule has 4 heteroatoms. The Morgan fingerprint density at radius 3 is 1.48 bits per heavy atom. The van der Waals surface area contributed by atoms with E-state index in [1.807, 2.05) is 66.7 Å². The van der Waals surface area contributed by atoms with Gasteiger partial charge < -0.3 is 10.6 Å². The molecule has 1 aliphatic rings. The molecule has 4 aromatic carbocycles. The minimum absolute atomic E-state index is 0.0380. The van der Waals surface area contributed by atoms with Crippen LogP contribution in [-0.2, 0) is 16.2 Å². The van der Waals surface area contributed by atoms with Gasteiger partial charge >= 0.3 is 0 Å². The van der Waals surface area contributed by atoms with E-state index in [0.717, 1.165) is 16.9 Å². The number of carbonyl (C=O) groups is 2. The monoisotopic (exact) mass is 584 g/mol. The van der Waals surface area contributed by atoms with Crippen molar-refractivity contribution in [1.29, 1.82) is 0 Å². The quantitative estimate of drug-likeness (QED) is 0.245. The number of benzene rings is 4. The lowest BCUT2D eigenvalue weighted by atomic mass is 9.78. The first kappa shape index (κ1) is 31.0. The van der Waals surface area contributed by atoms with Crippen molar-refractivity contribution in [3.05, 3.63) is 130 Å². The van der Waals surface area contributed by atoms with Crippen molar-refractivity contribution in [2.75, 3.05) is 10.6 Å². The number of hydrogen-bond donors (Lipinski definition) is 2. The summed E-state index contributed by atoms with van der Waals surface area (Å²) in [7, 11) is 0. The van der Waals surface area contributed by atoms with Gasteiger partial charge in [-0.15, -0.1) is 0 Å². The van der Waals surface area contributed by atoms with E-state index in [2.05, 4.69) is 97.2 Å². The molecular formula is C40H44N2O2. The second-order valence-corrected chi connectivity index (χ2v) is 14.5. The van der Waals surface area contributed by atoms with Gasteiger partial charge in [0, 0.05) is 27.9 Å². The molecule has 0 radical (unpaired) electrons. The summed E-state index contributed by atoms with van der Waals surface area (Å²) in [5.74, 6) is -0.240. The highest BCUT2D eigenvalue weighted by molar-refractivity contribution is 6.06. The predicted molar refractivity (Wildman–Crippen MR) is 185 cm³/mol. The van der Waals surface area contributed by atoms with Gasteiger partial charge in [-0.1, -0.05) is 97.9 Å². The molecule has 5 rings (SSSR count). The maximum atomic E-state index is 13.1. The molecule has 0 unspecified atom stereocenters. The summed E-state index contributed by atoms with van der Waals surface area (Å²) in [6.07, 6.45) is 0. The van der Waals surface area contributed by atoms with Crippen LogP contribution in [0.2, 0.25) is 0 Å². The Hall–Kier alpha value is -4.44. The number of hydrogen-bond acceptors (Lipinski definition) is 2. The van der Waals surface area contributed by atoms with Crippen molar-refractivity contribution in [3.8, 4) is 0 Å². The van der Waals surface area contributed by atoms with Crippen LogP contribution in [0.1, 0.15) is 111 Å². The molecule has 1 aliphatic carbocycles. The highest BCUT2D eigenvalue weighted by Gasteiger charge is 2.37. The summed E-state index contributed by atoms with van der Waals surface area (Å²) in [6, 6.07) is 29.9. The molecule has 0 aromatic heterocycles. The minimum Gasteiger partial charge on any atom is -0.322 e. The molecule has 0 aliphatic heterocycles. The van der Waals surface area contributed by atoms with Crippen LogP contribution in [-0.4, -0.2) is 11.8 Å². The Labute approximate surface area is 262 Å². The predicted octanol–water partition coefficient (Wildman–Crippen LogP) is 10.0. The van der Waals surface area contributed by atoms with E-state index >= 15 is 0 Å². The van der Waals surface area contributed by atoms with Crippen LogP contribution in [0.4, 0.5) is 11.4 Å². The van der Waals surface area contributed by atoms with Gasteiger partial charge in [-0.25, -0.2) is 0 Å². The van der Waals surface area contributed by atoms with E-state index in [0.29, 0.717) is 11.1 Å². The fourth-order valence-corrected chi connectivity index (χ4v) is 6.15. The van der Waals surface area contributed by atoms with E-state index in [9.17, 15) is 9.59 Å². The number of rotatable bonds is 5. The SMILES string of the molecule is CC1=C(c2ccc(NC(=O)c3ccc(C(C)(C)C)cc3)cc2)C(C)(C)c2cc(NC(=O)c3ccc(C(C)(C)C)cc3)ccc21. The zero-order chi connectivity index (χ0) is 32.0. The molecule has 226 valence electrons. The summed E-state index contributed by atoms with van der Waals surface area (Å²) in [5.41, 5.74) is 11.0. The molecule has 0 atom stereocenters. The second kappa shape index (κ2) is 11.2. The van der Waals surface area contributed by atoms with Gasteiger partial charge in [0.1, 0.15) is 0 Å². The first-order valence-electron chi connectivity index (χ1n) is 15.4. The highest BCUT2D eigenvalue weighted by Crippen LogP contribution is 2.51. The van der Waals surface area contributed by atoms with Crippen LogP contribution in [0.15, 0.2) is 91.0 Å². The van der Waals surface area contributed by atoms with E-state index in [4.69, 9.17) is 0 Å². The maximum Gasteiger partial charge on any atom is 0.255 e. The number of nitrogens with one attached hydrogen (secondary N) is 2. The fourth-order valence-electron chi connectivity index (χ4n) is 6.15. The van der Waals surface area contributed by atoms with Crippen LogP contribution < -0.4 is 10.6 Å². The largest absolute Gasteiger partial charge is 0.322 e. The molecule has 4 aromatic rings. The van der Waals surface area contributed by atoms with Crippen molar-refractivity contribution < 1.29 is 9.59 Å². The third-order valence-corrected chi connectivity index (χ3v) is 8.81. The van der Waals surface area contributed by atoms with Gasteiger partial charge in [0.05, 0.1) is 0 Å². The molecule has 2 N–H and O–H groups in total. The fraction of sp³-hybridized carbons (Fsp3) is 0.300. The van der Waals surface area contributed by atoms with Gasteiger partial charge in [-0.2, -0.15) is 0 Å². The van der Waals surface area contributed by atoms with E-state index in [1.54, 1.807) is 0 Å². The molecule has 44 heavy (non-hydrogen) atoms. The van der Waals surface area contributed by atoms with E-state index in [-0.39, 0.29) is 28.1 Å².